The molecule has 3 heterocycles. The Hall–Kier alpha value is -2.53. The molecule has 0 bridgehead atoms. The maximum atomic E-state index is 6.79. The maximum absolute atomic E-state index is 6.79. The average Bonchev–Trinajstić information content (AvgIpc) is 3.22. The van der Waals surface area contributed by atoms with Crippen LogP contribution < -0.4 is 9.47 Å². The normalized spacial score (nSPS) is 22.3. The fraction of sp³-hybridized carbons (Fsp3) is 0.480. The number of piperidine rings is 1. The van der Waals surface area contributed by atoms with Crippen LogP contribution in [0.15, 0.2) is 41.5 Å². The smallest absolute Gasteiger partial charge is 0.200 e. The van der Waals surface area contributed by atoms with Gasteiger partial charge in [-0.1, -0.05) is 36.8 Å². The van der Waals surface area contributed by atoms with E-state index in [0.717, 1.165) is 56.1 Å². The van der Waals surface area contributed by atoms with Gasteiger partial charge < -0.3 is 14.4 Å². The van der Waals surface area contributed by atoms with Crippen LogP contribution in [0.4, 0.5) is 0 Å². The van der Waals surface area contributed by atoms with Gasteiger partial charge in [0.2, 0.25) is 5.72 Å². The van der Waals surface area contributed by atoms with Crippen molar-refractivity contribution >= 4 is 5.71 Å². The van der Waals surface area contributed by atoms with Crippen molar-refractivity contribution < 1.29 is 9.47 Å². The Labute approximate surface area is 179 Å². The van der Waals surface area contributed by atoms with Crippen LogP contribution in [0, 0.1) is 13.8 Å². The van der Waals surface area contributed by atoms with Gasteiger partial charge in [0, 0.05) is 43.5 Å². The zero-order valence-electron chi connectivity index (χ0n) is 18.4. The molecule has 5 heteroatoms. The van der Waals surface area contributed by atoms with E-state index in [4.69, 9.17) is 14.6 Å². The highest BCUT2D eigenvalue weighted by Crippen LogP contribution is 2.52. The Kier molecular flexibility index (Phi) is 4.73. The summed E-state index contributed by atoms with van der Waals surface area (Å²) in [4.78, 5) is 2.49. The number of hydrazone groups is 1. The molecule has 0 unspecified atom stereocenters. The SMILES string of the molecule is CCN1CCC2(CC1)Oc1c(OC)cccc1[C@@H]1CC(c3cc(C)ccc3C)=NN12. The minimum Gasteiger partial charge on any atom is -0.493 e. The van der Waals surface area contributed by atoms with Crippen molar-refractivity contribution in [2.75, 3.05) is 26.7 Å². The first-order chi connectivity index (χ1) is 14.5. The zero-order valence-corrected chi connectivity index (χ0v) is 18.4. The van der Waals surface area contributed by atoms with E-state index < -0.39 is 5.72 Å². The number of para-hydroxylation sites is 1. The van der Waals surface area contributed by atoms with E-state index in [2.05, 4.69) is 61.0 Å². The third kappa shape index (κ3) is 2.99. The van der Waals surface area contributed by atoms with Crippen molar-refractivity contribution in [3.05, 3.63) is 58.7 Å². The summed E-state index contributed by atoms with van der Waals surface area (Å²) in [5.74, 6) is 1.73. The molecule has 30 heavy (non-hydrogen) atoms. The highest BCUT2D eigenvalue weighted by molar-refractivity contribution is 6.03. The number of aryl methyl sites for hydroxylation is 2. The lowest BCUT2D eigenvalue weighted by atomic mass is 9.89. The number of methoxy groups -OCH3 is 1. The molecule has 0 aromatic heterocycles. The number of benzene rings is 2. The molecule has 5 nitrogen and oxygen atoms in total. The molecule has 0 saturated carbocycles. The second kappa shape index (κ2) is 7.31. The van der Waals surface area contributed by atoms with Crippen molar-refractivity contribution in [3.63, 3.8) is 0 Å². The predicted octanol–water partition coefficient (Wildman–Crippen LogP) is 4.67. The van der Waals surface area contributed by atoms with Gasteiger partial charge in [-0.3, -0.25) is 0 Å². The first kappa shape index (κ1) is 19.4. The van der Waals surface area contributed by atoms with Crippen LogP contribution in [0.25, 0.3) is 0 Å². The molecular formula is C25H31N3O2. The predicted molar refractivity (Wildman–Crippen MR) is 119 cm³/mol. The summed E-state index contributed by atoms with van der Waals surface area (Å²) in [7, 11) is 1.73. The molecule has 1 spiro atoms. The van der Waals surface area contributed by atoms with Gasteiger partial charge in [0.05, 0.1) is 18.9 Å². The second-order valence-corrected chi connectivity index (χ2v) is 8.79. The van der Waals surface area contributed by atoms with Crippen LogP contribution in [-0.4, -0.2) is 48.1 Å². The topological polar surface area (TPSA) is 37.3 Å². The monoisotopic (exact) mass is 405 g/mol. The summed E-state index contributed by atoms with van der Waals surface area (Å²) < 4.78 is 12.5. The van der Waals surface area contributed by atoms with Crippen molar-refractivity contribution in [2.45, 2.75) is 51.8 Å². The van der Waals surface area contributed by atoms with E-state index in [1.165, 1.54) is 22.3 Å². The highest BCUT2D eigenvalue weighted by Gasteiger charge is 2.52. The van der Waals surface area contributed by atoms with Crippen LogP contribution >= 0.6 is 0 Å². The minimum absolute atomic E-state index is 0.187. The molecule has 158 valence electrons. The maximum Gasteiger partial charge on any atom is 0.200 e. The quantitative estimate of drug-likeness (QED) is 0.744. The molecule has 0 amide bonds. The first-order valence-corrected chi connectivity index (χ1v) is 11.1. The lowest BCUT2D eigenvalue weighted by Gasteiger charge is -2.51. The molecule has 2 aromatic carbocycles. The van der Waals surface area contributed by atoms with Crippen molar-refractivity contribution in [1.82, 2.24) is 9.91 Å². The Morgan fingerprint density at radius 3 is 2.70 bits per heavy atom. The number of hydrogen-bond acceptors (Lipinski definition) is 5. The summed E-state index contributed by atoms with van der Waals surface area (Å²) in [6.07, 6.45) is 2.78. The molecule has 3 aliphatic rings. The average molecular weight is 406 g/mol. The number of likely N-dealkylation sites (tertiary alicyclic amines) is 1. The largest absolute Gasteiger partial charge is 0.493 e. The van der Waals surface area contributed by atoms with E-state index >= 15 is 0 Å². The van der Waals surface area contributed by atoms with Gasteiger partial charge in [-0.05, 0) is 38.1 Å². The lowest BCUT2D eigenvalue weighted by Crippen LogP contribution is -2.59. The third-order valence-corrected chi connectivity index (χ3v) is 7.00. The van der Waals surface area contributed by atoms with Gasteiger partial charge in [0.1, 0.15) is 0 Å². The van der Waals surface area contributed by atoms with Crippen LogP contribution in [0.5, 0.6) is 11.5 Å². The molecule has 1 fully saturated rings. The van der Waals surface area contributed by atoms with E-state index in [1.807, 2.05) is 6.07 Å². The van der Waals surface area contributed by atoms with E-state index in [1.54, 1.807) is 7.11 Å². The summed E-state index contributed by atoms with van der Waals surface area (Å²) in [6, 6.07) is 13.1. The summed E-state index contributed by atoms with van der Waals surface area (Å²) in [6.45, 7) is 9.69. The summed E-state index contributed by atoms with van der Waals surface area (Å²) in [5.41, 5.74) is 5.75. The third-order valence-electron chi connectivity index (χ3n) is 7.00. The van der Waals surface area contributed by atoms with Crippen molar-refractivity contribution in [3.8, 4) is 11.5 Å². The van der Waals surface area contributed by atoms with Gasteiger partial charge in [-0.2, -0.15) is 5.10 Å². The van der Waals surface area contributed by atoms with Gasteiger partial charge in [0.15, 0.2) is 11.5 Å². The fourth-order valence-electron chi connectivity index (χ4n) is 5.19. The van der Waals surface area contributed by atoms with Gasteiger partial charge >= 0.3 is 0 Å². The second-order valence-electron chi connectivity index (χ2n) is 8.79. The Balaban J connectivity index is 1.60. The van der Waals surface area contributed by atoms with E-state index in [9.17, 15) is 0 Å². The Morgan fingerprint density at radius 1 is 1.17 bits per heavy atom. The molecule has 2 aromatic rings. The van der Waals surface area contributed by atoms with Crippen LogP contribution in [-0.2, 0) is 0 Å². The molecule has 0 radical (unpaired) electrons. The number of ether oxygens (including phenoxy) is 2. The Morgan fingerprint density at radius 2 is 1.97 bits per heavy atom. The first-order valence-electron chi connectivity index (χ1n) is 11.1. The van der Waals surface area contributed by atoms with E-state index in [0.29, 0.717) is 0 Å². The van der Waals surface area contributed by atoms with Gasteiger partial charge in [-0.25, -0.2) is 5.01 Å². The minimum atomic E-state index is -0.405. The fourth-order valence-corrected chi connectivity index (χ4v) is 5.19. The number of fused-ring (bicyclic) bond motifs is 4. The van der Waals surface area contributed by atoms with Crippen LogP contribution in [0.1, 0.15) is 54.5 Å². The van der Waals surface area contributed by atoms with Crippen molar-refractivity contribution in [1.29, 1.82) is 0 Å². The lowest BCUT2D eigenvalue weighted by molar-refractivity contribution is -0.150. The summed E-state index contributed by atoms with van der Waals surface area (Å²) in [5, 5.41) is 7.52. The van der Waals surface area contributed by atoms with E-state index in [-0.39, 0.29) is 6.04 Å². The number of rotatable bonds is 3. The van der Waals surface area contributed by atoms with Crippen LogP contribution in [0.2, 0.25) is 0 Å². The molecule has 0 aliphatic carbocycles. The number of hydrogen-bond donors (Lipinski definition) is 0. The summed E-state index contributed by atoms with van der Waals surface area (Å²) >= 11 is 0. The molecule has 3 aliphatic heterocycles. The highest BCUT2D eigenvalue weighted by atomic mass is 16.5. The van der Waals surface area contributed by atoms with Gasteiger partial charge in [0.25, 0.3) is 0 Å². The molecule has 1 saturated heterocycles. The molecule has 1 atom stereocenters. The zero-order chi connectivity index (χ0) is 20.9. The van der Waals surface area contributed by atoms with Crippen LogP contribution in [0.3, 0.4) is 0 Å². The molecule has 5 rings (SSSR count). The molecular weight excluding hydrogens is 374 g/mol. The standard InChI is InChI=1S/C25H31N3O2/c1-5-27-13-11-25(12-14-27)28-22(19-7-6-8-23(29-4)24(19)30-25)16-21(26-28)20-15-17(2)9-10-18(20)3/h6-10,15,22H,5,11-14,16H2,1-4H3/t22-/m0/s1. The number of nitrogens with zero attached hydrogens (tertiary/aromatic N) is 3. The van der Waals surface area contributed by atoms with Crippen molar-refractivity contribution in [2.24, 2.45) is 5.10 Å². The van der Waals surface area contributed by atoms with Gasteiger partial charge in [-0.15, -0.1) is 0 Å². The Bertz CT molecular complexity index is 992. The molecule has 0 N–H and O–H groups in total.